The van der Waals surface area contributed by atoms with Crippen LogP contribution < -0.4 is 14.4 Å². The summed E-state index contributed by atoms with van der Waals surface area (Å²) in [5, 5.41) is 0. The summed E-state index contributed by atoms with van der Waals surface area (Å²) < 4.78 is 38.8. The van der Waals surface area contributed by atoms with Crippen LogP contribution in [0.4, 0.5) is 5.69 Å². The summed E-state index contributed by atoms with van der Waals surface area (Å²) in [7, 11) is -0.450. The zero-order valence-corrected chi connectivity index (χ0v) is 20.9. The second kappa shape index (κ2) is 10.2. The highest BCUT2D eigenvalue weighted by molar-refractivity contribution is 7.89. The molecule has 4 rings (SSSR count). The van der Waals surface area contributed by atoms with Gasteiger partial charge in [0.05, 0.1) is 30.7 Å². The Bertz CT molecular complexity index is 1130. The van der Waals surface area contributed by atoms with Crippen molar-refractivity contribution in [2.75, 3.05) is 58.4 Å². The summed E-state index contributed by atoms with van der Waals surface area (Å²) in [6.45, 7) is 5.12. The van der Waals surface area contributed by atoms with E-state index in [4.69, 9.17) is 9.47 Å². The smallest absolute Gasteiger partial charge is 0.243 e. The summed E-state index contributed by atoms with van der Waals surface area (Å²) in [4.78, 5) is 17.7. The number of anilines is 1. The van der Waals surface area contributed by atoms with Crippen molar-refractivity contribution in [3.8, 4) is 11.5 Å². The van der Waals surface area contributed by atoms with Crippen LogP contribution in [0.25, 0.3) is 0 Å². The fourth-order valence-electron chi connectivity index (χ4n) is 4.84. The Hall–Kier alpha value is -2.78. The zero-order chi connectivity index (χ0) is 24.3. The fourth-order valence-corrected chi connectivity index (χ4v) is 6.45. The number of nitrogens with zero attached hydrogens (tertiary/aromatic N) is 3. The number of sulfonamides is 1. The average molecular weight is 488 g/mol. The van der Waals surface area contributed by atoms with E-state index in [2.05, 4.69) is 4.90 Å². The first-order valence-electron chi connectivity index (χ1n) is 11.7. The third-order valence-electron chi connectivity index (χ3n) is 6.75. The number of amides is 1. The molecule has 9 heteroatoms. The van der Waals surface area contributed by atoms with Crippen LogP contribution in [0.2, 0.25) is 0 Å². The molecule has 2 aromatic carbocycles. The second-order valence-electron chi connectivity index (χ2n) is 8.82. The van der Waals surface area contributed by atoms with Gasteiger partial charge in [0.1, 0.15) is 11.5 Å². The number of methoxy groups -OCH3 is 2. The zero-order valence-electron chi connectivity index (χ0n) is 20.1. The fraction of sp³-hybridized carbons (Fsp3) is 0.480. The van der Waals surface area contributed by atoms with Gasteiger partial charge in [0.15, 0.2) is 0 Å². The Morgan fingerprint density at radius 2 is 1.65 bits per heavy atom. The minimum atomic E-state index is -3.67. The highest BCUT2D eigenvalue weighted by atomic mass is 32.2. The number of aryl methyl sites for hydroxylation is 1. The van der Waals surface area contributed by atoms with Crippen molar-refractivity contribution >= 4 is 21.6 Å². The molecule has 184 valence electrons. The SMILES string of the molecule is COc1ccc(S(=O)(=O)N2CCCC(C(=O)N3CCN(c4ccccc4OC)CC3)C2)cc1C. The van der Waals surface area contributed by atoms with Crippen molar-refractivity contribution < 1.29 is 22.7 Å². The number of hydrogen-bond donors (Lipinski definition) is 0. The van der Waals surface area contributed by atoms with E-state index in [1.54, 1.807) is 32.4 Å². The highest BCUT2D eigenvalue weighted by Gasteiger charge is 2.36. The third kappa shape index (κ3) is 4.86. The first kappa shape index (κ1) is 24.3. The van der Waals surface area contributed by atoms with Crippen molar-refractivity contribution in [1.29, 1.82) is 0 Å². The predicted octanol–water partition coefficient (Wildman–Crippen LogP) is 2.76. The van der Waals surface area contributed by atoms with E-state index >= 15 is 0 Å². The van der Waals surface area contributed by atoms with E-state index in [0.29, 0.717) is 51.3 Å². The minimum absolute atomic E-state index is 0.0467. The number of benzene rings is 2. The van der Waals surface area contributed by atoms with Gasteiger partial charge in [-0.15, -0.1) is 0 Å². The largest absolute Gasteiger partial charge is 0.496 e. The first-order valence-corrected chi connectivity index (χ1v) is 13.1. The molecule has 0 saturated carbocycles. The van der Waals surface area contributed by atoms with Crippen molar-refractivity contribution in [1.82, 2.24) is 9.21 Å². The molecule has 0 bridgehead atoms. The van der Waals surface area contributed by atoms with Gasteiger partial charge in [-0.1, -0.05) is 12.1 Å². The molecule has 0 spiro atoms. The molecule has 2 fully saturated rings. The molecule has 0 aromatic heterocycles. The number of carbonyl (C=O) groups is 1. The highest BCUT2D eigenvalue weighted by Crippen LogP contribution is 2.30. The normalized spacial score (nSPS) is 19.7. The summed E-state index contributed by atoms with van der Waals surface area (Å²) in [6.07, 6.45) is 1.38. The Morgan fingerprint density at radius 1 is 0.941 bits per heavy atom. The Balaban J connectivity index is 1.40. The number of carbonyl (C=O) groups excluding carboxylic acids is 1. The van der Waals surface area contributed by atoms with Crippen molar-refractivity contribution in [3.05, 3.63) is 48.0 Å². The molecule has 0 N–H and O–H groups in total. The van der Waals surface area contributed by atoms with Gasteiger partial charge in [-0.3, -0.25) is 4.79 Å². The van der Waals surface area contributed by atoms with Crippen LogP contribution in [0, 0.1) is 12.8 Å². The monoisotopic (exact) mass is 487 g/mol. The third-order valence-corrected chi connectivity index (χ3v) is 8.62. The van der Waals surface area contributed by atoms with Crippen LogP contribution in [0.5, 0.6) is 11.5 Å². The van der Waals surface area contributed by atoms with Gasteiger partial charge in [-0.2, -0.15) is 4.31 Å². The lowest BCUT2D eigenvalue weighted by atomic mass is 9.97. The number of hydrogen-bond acceptors (Lipinski definition) is 6. The number of piperidine rings is 1. The van der Waals surface area contributed by atoms with Crippen molar-refractivity contribution in [3.63, 3.8) is 0 Å². The van der Waals surface area contributed by atoms with Gasteiger partial charge in [0, 0.05) is 39.3 Å². The molecule has 2 saturated heterocycles. The Labute approximate surface area is 202 Å². The van der Waals surface area contributed by atoms with E-state index in [0.717, 1.165) is 17.0 Å². The molecule has 1 amide bonds. The van der Waals surface area contributed by atoms with Gasteiger partial charge < -0.3 is 19.3 Å². The second-order valence-corrected chi connectivity index (χ2v) is 10.8. The topological polar surface area (TPSA) is 79.4 Å². The molecule has 2 heterocycles. The molecular weight excluding hydrogens is 454 g/mol. The van der Waals surface area contributed by atoms with Gasteiger partial charge >= 0.3 is 0 Å². The Kier molecular flexibility index (Phi) is 7.33. The lowest BCUT2D eigenvalue weighted by Crippen LogP contribution is -2.53. The molecule has 2 aromatic rings. The molecular formula is C25H33N3O5S. The van der Waals surface area contributed by atoms with Crippen LogP contribution in [-0.4, -0.2) is 77.0 Å². The van der Waals surface area contributed by atoms with E-state index in [1.165, 1.54) is 4.31 Å². The molecule has 2 aliphatic rings. The van der Waals surface area contributed by atoms with Gasteiger partial charge in [0.25, 0.3) is 0 Å². The lowest BCUT2D eigenvalue weighted by Gasteiger charge is -2.39. The molecule has 2 aliphatic heterocycles. The van der Waals surface area contributed by atoms with E-state index in [9.17, 15) is 13.2 Å². The number of rotatable bonds is 6. The molecule has 0 radical (unpaired) electrons. The first-order chi connectivity index (χ1) is 16.3. The molecule has 1 unspecified atom stereocenters. The lowest BCUT2D eigenvalue weighted by molar-refractivity contribution is -0.137. The van der Waals surface area contributed by atoms with Crippen LogP contribution >= 0.6 is 0 Å². The minimum Gasteiger partial charge on any atom is -0.496 e. The molecule has 1 atom stereocenters. The van der Waals surface area contributed by atoms with Crippen LogP contribution in [0.15, 0.2) is 47.4 Å². The van der Waals surface area contributed by atoms with Gasteiger partial charge in [-0.05, 0) is 55.7 Å². The molecule has 34 heavy (non-hydrogen) atoms. The number of para-hydroxylation sites is 2. The van der Waals surface area contributed by atoms with Gasteiger partial charge in [-0.25, -0.2) is 8.42 Å². The summed E-state index contributed by atoms with van der Waals surface area (Å²) >= 11 is 0. The quantitative estimate of drug-likeness (QED) is 0.624. The maximum absolute atomic E-state index is 13.3. The number of ether oxygens (including phenoxy) is 2. The summed E-state index contributed by atoms with van der Waals surface area (Å²) in [5.74, 6) is 1.20. The Morgan fingerprint density at radius 3 is 2.32 bits per heavy atom. The standard InChI is InChI=1S/C25H33N3O5S/c1-19-17-21(10-11-23(19)32-2)34(30,31)28-12-6-7-20(18-28)25(29)27-15-13-26(14-16-27)22-8-4-5-9-24(22)33-3/h4-5,8-11,17,20H,6-7,12-16,18H2,1-3H3. The van der Waals surface area contributed by atoms with E-state index in [1.807, 2.05) is 36.1 Å². The van der Waals surface area contributed by atoms with Crippen LogP contribution in [-0.2, 0) is 14.8 Å². The van der Waals surface area contributed by atoms with Crippen LogP contribution in [0.1, 0.15) is 18.4 Å². The molecule has 8 nitrogen and oxygen atoms in total. The van der Waals surface area contributed by atoms with E-state index in [-0.39, 0.29) is 23.3 Å². The summed E-state index contributed by atoms with van der Waals surface area (Å²) in [6, 6.07) is 12.8. The number of piperazine rings is 1. The van der Waals surface area contributed by atoms with E-state index < -0.39 is 10.0 Å². The maximum atomic E-state index is 13.3. The van der Waals surface area contributed by atoms with Crippen molar-refractivity contribution in [2.24, 2.45) is 5.92 Å². The van der Waals surface area contributed by atoms with Gasteiger partial charge in [0.2, 0.25) is 15.9 Å². The maximum Gasteiger partial charge on any atom is 0.243 e. The predicted molar refractivity (Wildman–Crippen MR) is 131 cm³/mol. The summed E-state index contributed by atoms with van der Waals surface area (Å²) in [5.41, 5.74) is 1.79. The van der Waals surface area contributed by atoms with Crippen LogP contribution in [0.3, 0.4) is 0 Å². The molecule has 0 aliphatic carbocycles. The average Bonchev–Trinajstić information content (AvgIpc) is 2.88. The van der Waals surface area contributed by atoms with Crippen molar-refractivity contribution in [2.45, 2.75) is 24.7 Å².